The predicted octanol–water partition coefficient (Wildman–Crippen LogP) is 3.31. The van der Waals surface area contributed by atoms with E-state index in [1.807, 2.05) is 0 Å². The Morgan fingerprint density at radius 1 is 1.20 bits per heavy atom. The largest absolute Gasteiger partial charge is 0.0958 e. The van der Waals surface area contributed by atoms with E-state index in [1.165, 1.54) is 29.6 Å². The molecule has 0 nitrogen and oxygen atoms in total. The van der Waals surface area contributed by atoms with Crippen molar-refractivity contribution in [2.75, 3.05) is 0 Å². The van der Waals surface area contributed by atoms with E-state index in [2.05, 4.69) is 27.4 Å². The molecular weight excluding hydrogens is 120 g/mol. The molecule has 1 rings (SSSR count). The molecule has 0 atom stereocenters. The van der Waals surface area contributed by atoms with E-state index in [1.54, 1.807) is 0 Å². The average molecular weight is 136 g/mol. The lowest BCUT2D eigenvalue weighted by Crippen LogP contribution is -1.89. The van der Waals surface area contributed by atoms with E-state index in [0.717, 1.165) is 5.92 Å². The zero-order chi connectivity index (χ0) is 7.72. The maximum atomic E-state index is 3.98. The van der Waals surface area contributed by atoms with Crippen LogP contribution in [0.5, 0.6) is 0 Å². The van der Waals surface area contributed by atoms with Crippen molar-refractivity contribution in [3.63, 3.8) is 0 Å². The minimum absolute atomic E-state index is 0.863. The smallest absolute Gasteiger partial charge is 0.0160 e. The van der Waals surface area contributed by atoms with Crippen LogP contribution >= 0.6 is 0 Å². The number of allylic oxidation sites excluding steroid dienone is 3. The van der Waals surface area contributed by atoms with E-state index in [9.17, 15) is 0 Å². The van der Waals surface area contributed by atoms with Crippen molar-refractivity contribution in [1.82, 2.24) is 0 Å². The van der Waals surface area contributed by atoms with Crippen molar-refractivity contribution in [3.8, 4) is 0 Å². The third-order valence-electron chi connectivity index (χ3n) is 1.98. The lowest BCUT2D eigenvalue weighted by Gasteiger charge is -2.06. The van der Waals surface area contributed by atoms with E-state index >= 15 is 0 Å². The van der Waals surface area contributed by atoms with Gasteiger partial charge in [0.1, 0.15) is 0 Å². The Hall–Kier alpha value is -0.520. The van der Waals surface area contributed by atoms with Crippen molar-refractivity contribution in [1.29, 1.82) is 0 Å². The van der Waals surface area contributed by atoms with Crippen LogP contribution in [0.25, 0.3) is 0 Å². The second-order valence-electron chi connectivity index (χ2n) is 3.47. The molecule has 0 heteroatoms. The average Bonchev–Trinajstić information content (AvgIpc) is 2.46. The summed E-state index contributed by atoms with van der Waals surface area (Å²) in [5.41, 5.74) is 4.25. The van der Waals surface area contributed by atoms with Crippen molar-refractivity contribution in [2.45, 2.75) is 33.6 Å². The Morgan fingerprint density at radius 3 is 1.80 bits per heavy atom. The van der Waals surface area contributed by atoms with E-state index in [-0.39, 0.29) is 0 Å². The highest BCUT2D eigenvalue weighted by molar-refractivity contribution is 5.34. The summed E-state index contributed by atoms with van der Waals surface area (Å²) in [6.45, 7) is 10.5. The molecule has 0 unspecified atom stereocenters. The number of hydrogen-bond acceptors (Lipinski definition) is 0. The topological polar surface area (TPSA) is 0 Å². The zero-order valence-electron chi connectivity index (χ0n) is 7.20. The van der Waals surface area contributed by atoms with Gasteiger partial charge in [-0.05, 0) is 45.1 Å². The molecule has 0 heterocycles. The maximum absolute atomic E-state index is 3.98. The zero-order valence-corrected chi connectivity index (χ0v) is 7.20. The van der Waals surface area contributed by atoms with Crippen LogP contribution in [0, 0.1) is 5.92 Å². The highest BCUT2D eigenvalue weighted by Crippen LogP contribution is 2.40. The molecule has 1 fully saturated rings. The third kappa shape index (κ3) is 1.50. The molecule has 0 N–H and O–H groups in total. The van der Waals surface area contributed by atoms with Gasteiger partial charge < -0.3 is 0 Å². The first-order chi connectivity index (χ1) is 4.63. The Morgan fingerprint density at radius 2 is 1.70 bits per heavy atom. The normalized spacial score (nSPS) is 16.7. The Kier molecular flexibility index (Phi) is 1.98. The molecule has 0 amide bonds. The predicted molar refractivity (Wildman–Crippen MR) is 45.9 cm³/mol. The van der Waals surface area contributed by atoms with Crippen LogP contribution in [-0.2, 0) is 0 Å². The molecule has 1 aliphatic rings. The summed E-state index contributed by atoms with van der Waals surface area (Å²) in [6.07, 6.45) is 2.76. The van der Waals surface area contributed by atoms with Crippen LogP contribution in [0.3, 0.4) is 0 Å². The summed E-state index contributed by atoms with van der Waals surface area (Å²) in [7, 11) is 0. The molecule has 10 heavy (non-hydrogen) atoms. The first-order valence-electron chi connectivity index (χ1n) is 3.96. The third-order valence-corrected chi connectivity index (χ3v) is 1.98. The van der Waals surface area contributed by atoms with Crippen molar-refractivity contribution >= 4 is 0 Å². The molecule has 1 aliphatic carbocycles. The first-order valence-corrected chi connectivity index (χ1v) is 3.96. The lowest BCUT2D eigenvalue weighted by atomic mass is 10.00. The standard InChI is InChI=1S/C10H16/c1-7(2)10(8(3)4)9-5-6-9/h9H,1,5-6H2,2-4H3. The van der Waals surface area contributed by atoms with Crippen molar-refractivity contribution in [2.24, 2.45) is 5.92 Å². The van der Waals surface area contributed by atoms with Crippen LogP contribution in [0.15, 0.2) is 23.3 Å². The highest BCUT2D eigenvalue weighted by Gasteiger charge is 2.26. The Balaban J connectivity index is 2.78. The van der Waals surface area contributed by atoms with E-state index < -0.39 is 0 Å². The van der Waals surface area contributed by atoms with Crippen LogP contribution in [0.4, 0.5) is 0 Å². The van der Waals surface area contributed by atoms with Gasteiger partial charge >= 0.3 is 0 Å². The SMILES string of the molecule is C=C(C)C(=C(C)C)C1CC1. The fourth-order valence-electron chi connectivity index (χ4n) is 1.56. The van der Waals surface area contributed by atoms with Gasteiger partial charge in [0, 0.05) is 0 Å². The fourth-order valence-corrected chi connectivity index (χ4v) is 1.56. The van der Waals surface area contributed by atoms with Gasteiger partial charge in [0.15, 0.2) is 0 Å². The van der Waals surface area contributed by atoms with Crippen LogP contribution in [-0.4, -0.2) is 0 Å². The molecule has 0 aromatic rings. The second kappa shape index (κ2) is 2.61. The van der Waals surface area contributed by atoms with Gasteiger partial charge in [0.2, 0.25) is 0 Å². The van der Waals surface area contributed by atoms with Gasteiger partial charge in [-0.25, -0.2) is 0 Å². The van der Waals surface area contributed by atoms with Crippen molar-refractivity contribution < 1.29 is 0 Å². The molecule has 0 aromatic carbocycles. The van der Waals surface area contributed by atoms with Gasteiger partial charge in [-0.15, -0.1) is 0 Å². The van der Waals surface area contributed by atoms with Crippen LogP contribution < -0.4 is 0 Å². The molecule has 56 valence electrons. The van der Waals surface area contributed by atoms with E-state index in [4.69, 9.17) is 0 Å². The molecule has 0 bridgehead atoms. The summed E-state index contributed by atoms with van der Waals surface area (Å²) >= 11 is 0. The fraction of sp³-hybridized carbons (Fsp3) is 0.600. The molecular formula is C10H16. The van der Waals surface area contributed by atoms with E-state index in [0.29, 0.717) is 0 Å². The minimum atomic E-state index is 0.863. The molecule has 0 spiro atoms. The lowest BCUT2D eigenvalue weighted by molar-refractivity contribution is 0.984. The minimum Gasteiger partial charge on any atom is -0.0958 e. The van der Waals surface area contributed by atoms with Gasteiger partial charge in [-0.2, -0.15) is 0 Å². The monoisotopic (exact) mass is 136 g/mol. The van der Waals surface area contributed by atoms with Gasteiger partial charge in [0.05, 0.1) is 0 Å². The maximum Gasteiger partial charge on any atom is -0.0160 e. The second-order valence-corrected chi connectivity index (χ2v) is 3.47. The van der Waals surface area contributed by atoms with Crippen molar-refractivity contribution in [3.05, 3.63) is 23.3 Å². The molecule has 0 saturated heterocycles. The summed E-state index contributed by atoms with van der Waals surface area (Å²) in [6, 6.07) is 0. The number of hydrogen-bond donors (Lipinski definition) is 0. The Labute approximate surface area is 63.6 Å². The molecule has 0 aliphatic heterocycles. The summed E-state index contributed by atoms with van der Waals surface area (Å²) < 4.78 is 0. The van der Waals surface area contributed by atoms with Gasteiger partial charge in [-0.1, -0.05) is 17.7 Å². The van der Waals surface area contributed by atoms with Gasteiger partial charge in [-0.3, -0.25) is 0 Å². The quantitative estimate of drug-likeness (QED) is 0.511. The van der Waals surface area contributed by atoms with Crippen LogP contribution in [0.1, 0.15) is 33.6 Å². The van der Waals surface area contributed by atoms with Gasteiger partial charge in [0.25, 0.3) is 0 Å². The summed E-state index contributed by atoms with van der Waals surface area (Å²) in [4.78, 5) is 0. The Bertz CT molecular complexity index is 176. The first kappa shape index (κ1) is 7.59. The summed E-state index contributed by atoms with van der Waals surface area (Å²) in [5.74, 6) is 0.863. The highest BCUT2D eigenvalue weighted by atomic mass is 14.3. The molecule has 1 saturated carbocycles. The number of rotatable bonds is 2. The van der Waals surface area contributed by atoms with Crippen LogP contribution in [0.2, 0.25) is 0 Å². The molecule has 0 radical (unpaired) electrons. The molecule has 0 aromatic heterocycles. The summed E-state index contributed by atoms with van der Waals surface area (Å²) in [5, 5.41) is 0.